The van der Waals surface area contributed by atoms with Crippen LogP contribution in [0.4, 0.5) is 4.39 Å². The molecular formula is C13H16FNO3. The van der Waals surface area contributed by atoms with E-state index in [9.17, 15) is 14.3 Å². The van der Waals surface area contributed by atoms with Crippen LogP contribution in [0.3, 0.4) is 0 Å². The lowest BCUT2D eigenvalue weighted by Gasteiger charge is -2.38. The first-order valence-corrected chi connectivity index (χ1v) is 5.81. The molecule has 1 aromatic rings. The summed E-state index contributed by atoms with van der Waals surface area (Å²) in [5.74, 6) is -1.53. The maximum Gasteiger partial charge on any atom is 0.260 e. The third-order valence-corrected chi connectivity index (χ3v) is 2.92. The molecule has 1 aliphatic rings. The summed E-state index contributed by atoms with van der Waals surface area (Å²) in [6.07, 6.45) is 0. The standard InChI is InChI=1S/C13H16FNO3/c1-13(2)8-15(6-7-18-13)12(17)11-9(14)4-3-5-10(11)16/h3-5,16H,6-8H2,1-2H3. The molecule has 1 aliphatic heterocycles. The largest absolute Gasteiger partial charge is 0.507 e. The molecular weight excluding hydrogens is 237 g/mol. The maximum absolute atomic E-state index is 13.6. The molecule has 5 heteroatoms. The number of carbonyl (C=O) groups excluding carboxylic acids is 1. The first-order valence-electron chi connectivity index (χ1n) is 5.81. The van der Waals surface area contributed by atoms with E-state index >= 15 is 0 Å². The highest BCUT2D eigenvalue weighted by molar-refractivity contribution is 5.97. The molecule has 0 spiro atoms. The summed E-state index contributed by atoms with van der Waals surface area (Å²) in [6, 6.07) is 3.84. The molecule has 2 rings (SSSR count). The SMILES string of the molecule is CC1(C)CN(C(=O)c2c(O)cccc2F)CCO1. The van der Waals surface area contributed by atoms with Crippen molar-refractivity contribution in [2.24, 2.45) is 0 Å². The summed E-state index contributed by atoms with van der Waals surface area (Å²) in [4.78, 5) is 13.7. The topological polar surface area (TPSA) is 49.8 Å². The average Bonchev–Trinajstić information content (AvgIpc) is 2.27. The highest BCUT2D eigenvalue weighted by Gasteiger charge is 2.32. The molecule has 1 aromatic carbocycles. The van der Waals surface area contributed by atoms with E-state index < -0.39 is 17.3 Å². The Hall–Kier alpha value is -1.62. The molecule has 0 unspecified atom stereocenters. The van der Waals surface area contributed by atoms with E-state index in [4.69, 9.17) is 4.74 Å². The molecule has 0 aliphatic carbocycles. The number of hydrogen-bond donors (Lipinski definition) is 1. The second kappa shape index (κ2) is 4.57. The Morgan fingerprint density at radius 3 is 2.83 bits per heavy atom. The number of carbonyl (C=O) groups is 1. The van der Waals surface area contributed by atoms with Gasteiger partial charge in [0.15, 0.2) is 0 Å². The van der Waals surface area contributed by atoms with Crippen molar-refractivity contribution in [2.75, 3.05) is 19.7 Å². The lowest BCUT2D eigenvalue weighted by atomic mass is 10.1. The number of rotatable bonds is 1. The minimum Gasteiger partial charge on any atom is -0.507 e. The summed E-state index contributed by atoms with van der Waals surface area (Å²) < 4.78 is 19.1. The monoisotopic (exact) mass is 253 g/mol. The number of hydrogen-bond acceptors (Lipinski definition) is 3. The normalized spacial score (nSPS) is 18.7. The number of halogens is 1. The zero-order valence-corrected chi connectivity index (χ0v) is 10.4. The van der Waals surface area contributed by atoms with Gasteiger partial charge >= 0.3 is 0 Å². The van der Waals surface area contributed by atoms with Gasteiger partial charge in [-0.25, -0.2) is 4.39 Å². The van der Waals surface area contributed by atoms with Crippen molar-refractivity contribution in [1.82, 2.24) is 4.90 Å². The number of phenols is 1. The van der Waals surface area contributed by atoms with E-state index in [2.05, 4.69) is 0 Å². The van der Waals surface area contributed by atoms with Crippen molar-refractivity contribution in [3.63, 3.8) is 0 Å². The number of nitrogens with zero attached hydrogens (tertiary/aromatic N) is 1. The molecule has 0 bridgehead atoms. The molecule has 4 nitrogen and oxygen atoms in total. The summed E-state index contributed by atoms with van der Waals surface area (Å²) in [7, 11) is 0. The molecule has 1 fully saturated rings. The molecule has 0 saturated carbocycles. The number of phenolic OH excluding ortho intramolecular Hbond substituents is 1. The van der Waals surface area contributed by atoms with E-state index in [1.54, 1.807) is 0 Å². The van der Waals surface area contributed by atoms with E-state index in [1.807, 2.05) is 13.8 Å². The van der Waals surface area contributed by atoms with Crippen LogP contribution >= 0.6 is 0 Å². The molecule has 0 atom stereocenters. The van der Waals surface area contributed by atoms with Gasteiger partial charge in [-0.1, -0.05) is 6.07 Å². The van der Waals surface area contributed by atoms with Gasteiger partial charge in [-0.2, -0.15) is 0 Å². The zero-order valence-electron chi connectivity index (χ0n) is 10.4. The fraction of sp³-hybridized carbons (Fsp3) is 0.462. The highest BCUT2D eigenvalue weighted by Crippen LogP contribution is 2.24. The van der Waals surface area contributed by atoms with Gasteiger partial charge in [0.25, 0.3) is 5.91 Å². The summed E-state index contributed by atoms with van der Waals surface area (Å²) >= 11 is 0. The molecule has 1 N–H and O–H groups in total. The molecule has 1 saturated heterocycles. The summed E-state index contributed by atoms with van der Waals surface area (Å²) in [5.41, 5.74) is -0.718. The van der Waals surface area contributed by atoms with Crippen LogP contribution in [0.5, 0.6) is 5.75 Å². The quantitative estimate of drug-likeness (QED) is 0.830. The van der Waals surface area contributed by atoms with Crippen LogP contribution in [-0.4, -0.2) is 41.2 Å². The van der Waals surface area contributed by atoms with Crippen LogP contribution in [0.1, 0.15) is 24.2 Å². The Balaban J connectivity index is 2.26. The van der Waals surface area contributed by atoms with Crippen LogP contribution < -0.4 is 0 Å². The van der Waals surface area contributed by atoms with Crippen molar-refractivity contribution in [3.05, 3.63) is 29.6 Å². The van der Waals surface area contributed by atoms with Crippen molar-refractivity contribution >= 4 is 5.91 Å². The van der Waals surface area contributed by atoms with Crippen LogP contribution in [0.15, 0.2) is 18.2 Å². The van der Waals surface area contributed by atoms with Crippen molar-refractivity contribution in [3.8, 4) is 5.75 Å². The smallest absolute Gasteiger partial charge is 0.260 e. The van der Waals surface area contributed by atoms with Crippen molar-refractivity contribution < 1.29 is 19.0 Å². The minimum atomic E-state index is -0.704. The zero-order chi connectivity index (χ0) is 13.3. The fourth-order valence-corrected chi connectivity index (χ4v) is 2.07. The third kappa shape index (κ3) is 2.46. The van der Waals surface area contributed by atoms with Gasteiger partial charge in [0, 0.05) is 13.1 Å². The summed E-state index contributed by atoms with van der Waals surface area (Å²) in [6.45, 7) is 4.92. The van der Waals surface area contributed by atoms with Gasteiger partial charge in [-0.15, -0.1) is 0 Å². The van der Waals surface area contributed by atoms with Gasteiger partial charge in [-0.3, -0.25) is 4.79 Å². The predicted octanol–water partition coefficient (Wildman–Crippen LogP) is 1.78. The van der Waals surface area contributed by atoms with Gasteiger partial charge in [0.1, 0.15) is 17.1 Å². The lowest BCUT2D eigenvalue weighted by molar-refractivity contribution is -0.0765. The Morgan fingerprint density at radius 1 is 1.50 bits per heavy atom. The number of benzene rings is 1. The first-order chi connectivity index (χ1) is 8.41. The number of aromatic hydroxyl groups is 1. The third-order valence-electron chi connectivity index (χ3n) is 2.92. The Kier molecular flexibility index (Phi) is 3.26. The highest BCUT2D eigenvalue weighted by atomic mass is 19.1. The molecule has 0 radical (unpaired) electrons. The second-order valence-corrected chi connectivity index (χ2v) is 4.97. The Morgan fingerprint density at radius 2 is 2.22 bits per heavy atom. The van der Waals surface area contributed by atoms with E-state index in [0.717, 1.165) is 0 Å². The van der Waals surface area contributed by atoms with E-state index in [-0.39, 0.29) is 11.3 Å². The molecule has 1 heterocycles. The van der Waals surface area contributed by atoms with Gasteiger partial charge in [0.05, 0.1) is 12.2 Å². The van der Waals surface area contributed by atoms with Gasteiger partial charge in [-0.05, 0) is 26.0 Å². The molecule has 18 heavy (non-hydrogen) atoms. The minimum absolute atomic E-state index is 0.268. The molecule has 1 amide bonds. The van der Waals surface area contributed by atoms with Crippen LogP contribution in [-0.2, 0) is 4.74 Å². The van der Waals surface area contributed by atoms with Crippen LogP contribution in [0.25, 0.3) is 0 Å². The molecule has 0 aromatic heterocycles. The van der Waals surface area contributed by atoms with Crippen molar-refractivity contribution in [2.45, 2.75) is 19.4 Å². The number of morpholine rings is 1. The second-order valence-electron chi connectivity index (χ2n) is 4.97. The fourth-order valence-electron chi connectivity index (χ4n) is 2.07. The summed E-state index contributed by atoms with van der Waals surface area (Å²) in [5, 5.41) is 9.60. The van der Waals surface area contributed by atoms with Crippen LogP contribution in [0.2, 0.25) is 0 Å². The lowest BCUT2D eigenvalue weighted by Crippen LogP contribution is -2.50. The Bertz CT molecular complexity index is 453. The number of amides is 1. The van der Waals surface area contributed by atoms with Crippen LogP contribution in [0, 0.1) is 5.82 Å². The molecule has 98 valence electrons. The maximum atomic E-state index is 13.6. The number of ether oxygens (including phenoxy) is 1. The Labute approximate surface area is 105 Å². The first kappa shape index (κ1) is 12.8. The average molecular weight is 253 g/mol. The van der Waals surface area contributed by atoms with Gasteiger partial charge in [0.2, 0.25) is 0 Å². The van der Waals surface area contributed by atoms with Crippen molar-refractivity contribution in [1.29, 1.82) is 0 Å². The van der Waals surface area contributed by atoms with E-state index in [0.29, 0.717) is 19.7 Å². The van der Waals surface area contributed by atoms with Gasteiger partial charge < -0.3 is 14.7 Å². The van der Waals surface area contributed by atoms with E-state index in [1.165, 1.54) is 23.1 Å². The predicted molar refractivity (Wildman–Crippen MR) is 64.0 cm³/mol.